The summed E-state index contributed by atoms with van der Waals surface area (Å²) in [6.45, 7) is 3.72. The van der Waals surface area contributed by atoms with Crippen LogP contribution in [0.15, 0.2) is 18.5 Å². The Labute approximate surface area is 156 Å². The predicted molar refractivity (Wildman–Crippen MR) is 96.2 cm³/mol. The second-order valence-electron chi connectivity index (χ2n) is 7.26. The molecule has 1 saturated heterocycles. The number of aromatic amines is 1. The van der Waals surface area contributed by atoms with E-state index in [0.29, 0.717) is 17.6 Å². The van der Waals surface area contributed by atoms with Gasteiger partial charge < -0.3 is 15.0 Å². The number of carbonyl (C=O) groups excluding carboxylic acids is 1. The molecule has 3 heterocycles. The number of carbonyl (C=O) groups is 1. The van der Waals surface area contributed by atoms with E-state index in [1.807, 2.05) is 12.1 Å². The first-order valence-electron chi connectivity index (χ1n) is 9.10. The van der Waals surface area contributed by atoms with Crippen LogP contribution < -0.4 is 5.32 Å². The Kier molecular flexibility index (Phi) is 4.62. The highest BCUT2D eigenvalue weighted by atomic mass is 16.6. The highest BCUT2D eigenvalue weighted by Crippen LogP contribution is 2.36. The Morgan fingerprint density at radius 1 is 1.33 bits per heavy atom. The number of amides is 1. The Hall–Kier alpha value is -3.15. The fraction of sp³-hybridized carbons (Fsp3) is 0.500. The highest BCUT2D eigenvalue weighted by molar-refractivity contribution is 5.68. The SMILES string of the molecule is CC1CN(C(=O)O[C@@H]2CC[C@H](c3cc(Nc4cnc(C#N)cn4)n[nH]3)C2)C1. The average Bonchev–Trinajstić information content (AvgIpc) is 3.29. The number of hydrogen-bond donors (Lipinski definition) is 2. The molecular formula is C18H21N7O2. The second kappa shape index (κ2) is 7.23. The van der Waals surface area contributed by atoms with Crippen molar-refractivity contribution < 1.29 is 9.53 Å². The van der Waals surface area contributed by atoms with Crippen LogP contribution in [-0.4, -0.2) is 50.4 Å². The lowest BCUT2D eigenvalue weighted by Crippen LogP contribution is -2.49. The number of hydrogen-bond acceptors (Lipinski definition) is 7. The maximum absolute atomic E-state index is 12.1. The third-order valence-corrected chi connectivity index (χ3v) is 5.03. The van der Waals surface area contributed by atoms with E-state index >= 15 is 0 Å². The van der Waals surface area contributed by atoms with Crippen molar-refractivity contribution in [3.63, 3.8) is 0 Å². The second-order valence-corrected chi connectivity index (χ2v) is 7.26. The van der Waals surface area contributed by atoms with Crippen LogP contribution in [0.3, 0.4) is 0 Å². The summed E-state index contributed by atoms with van der Waals surface area (Å²) in [5.74, 6) is 2.02. The molecule has 27 heavy (non-hydrogen) atoms. The first-order chi connectivity index (χ1) is 13.1. The molecule has 2 aliphatic rings. The lowest BCUT2D eigenvalue weighted by Gasteiger charge is -2.36. The van der Waals surface area contributed by atoms with Gasteiger partial charge in [-0.3, -0.25) is 5.10 Å². The molecular weight excluding hydrogens is 346 g/mol. The van der Waals surface area contributed by atoms with Gasteiger partial charge in [0.1, 0.15) is 18.0 Å². The molecule has 2 aromatic rings. The fourth-order valence-corrected chi connectivity index (χ4v) is 3.59. The number of ether oxygens (including phenoxy) is 1. The van der Waals surface area contributed by atoms with Crippen molar-refractivity contribution in [2.75, 3.05) is 18.4 Å². The highest BCUT2D eigenvalue weighted by Gasteiger charge is 2.34. The maximum Gasteiger partial charge on any atom is 0.410 e. The molecule has 0 aromatic carbocycles. The summed E-state index contributed by atoms with van der Waals surface area (Å²) in [6.07, 6.45) is 5.29. The van der Waals surface area contributed by atoms with E-state index in [4.69, 9.17) is 10.00 Å². The third kappa shape index (κ3) is 3.84. The molecule has 9 heteroatoms. The summed E-state index contributed by atoms with van der Waals surface area (Å²) in [6, 6.07) is 3.87. The maximum atomic E-state index is 12.1. The van der Waals surface area contributed by atoms with Gasteiger partial charge in [0.2, 0.25) is 0 Å². The summed E-state index contributed by atoms with van der Waals surface area (Å²) in [4.78, 5) is 21.9. The van der Waals surface area contributed by atoms with Crippen molar-refractivity contribution in [2.24, 2.45) is 5.92 Å². The number of H-pyrrole nitrogens is 1. The Morgan fingerprint density at radius 3 is 2.89 bits per heavy atom. The average molecular weight is 367 g/mol. The van der Waals surface area contributed by atoms with E-state index in [9.17, 15) is 4.79 Å². The van der Waals surface area contributed by atoms with Crippen molar-refractivity contribution >= 4 is 17.7 Å². The van der Waals surface area contributed by atoms with Gasteiger partial charge in [-0.25, -0.2) is 14.8 Å². The molecule has 9 nitrogen and oxygen atoms in total. The number of aromatic nitrogens is 4. The number of rotatable bonds is 4. The summed E-state index contributed by atoms with van der Waals surface area (Å²) < 4.78 is 5.63. The Morgan fingerprint density at radius 2 is 2.19 bits per heavy atom. The van der Waals surface area contributed by atoms with Gasteiger partial charge in [-0.1, -0.05) is 6.92 Å². The van der Waals surface area contributed by atoms with Gasteiger partial charge in [0.15, 0.2) is 11.5 Å². The van der Waals surface area contributed by atoms with Crippen LogP contribution in [0.4, 0.5) is 16.4 Å². The van der Waals surface area contributed by atoms with Crippen LogP contribution in [0.1, 0.15) is 43.5 Å². The molecule has 4 rings (SSSR count). The molecule has 0 radical (unpaired) electrons. The molecule has 2 N–H and O–H groups in total. The van der Waals surface area contributed by atoms with Gasteiger partial charge in [-0.05, 0) is 25.2 Å². The Bertz CT molecular complexity index is 851. The summed E-state index contributed by atoms with van der Waals surface area (Å²) in [5, 5.41) is 19.1. The number of nitrogens with zero attached hydrogens (tertiary/aromatic N) is 5. The first-order valence-corrected chi connectivity index (χ1v) is 9.10. The summed E-state index contributed by atoms with van der Waals surface area (Å²) in [5.41, 5.74) is 1.28. The van der Waals surface area contributed by atoms with Crippen LogP contribution in [-0.2, 0) is 4.74 Å². The van der Waals surface area contributed by atoms with Gasteiger partial charge in [-0.2, -0.15) is 10.4 Å². The molecule has 2 aromatic heterocycles. The van der Waals surface area contributed by atoms with E-state index in [-0.39, 0.29) is 23.8 Å². The van der Waals surface area contributed by atoms with Gasteiger partial charge in [-0.15, -0.1) is 0 Å². The first kappa shape index (κ1) is 17.3. The molecule has 2 fully saturated rings. The Balaban J connectivity index is 1.31. The minimum absolute atomic E-state index is 0.0393. The zero-order valence-electron chi connectivity index (χ0n) is 15.1. The molecule has 1 aliphatic heterocycles. The van der Waals surface area contributed by atoms with Crippen LogP contribution in [0.2, 0.25) is 0 Å². The van der Waals surface area contributed by atoms with E-state index < -0.39 is 0 Å². The molecule has 1 saturated carbocycles. The lowest BCUT2D eigenvalue weighted by atomic mass is 10.0. The van der Waals surface area contributed by atoms with Crippen molar-refractivity contribution in [3.8, 4) is 6.07 Å². The third-order valence-electron chi connectivity index (χ3n) is 5.03. The summed E-state index contributed by atoms with van der Waals surface area (Å²) >= 11 is 0. The standard InChI is InChI=1S/C18H21N7O2/c1-11-9-25(10-11)18(26)27-14-3-2-12(4-14)15-5-16(24-23-15)22-17-8-20-13(6-19)7-21-17/h5,7-8,11-12,14H,2-4,9-10H2,1H3,(H2,21,22,23,24)/t12-,14+/m0/s1. The summed E-state index contributed by atoms with van der Waals surface area (Å²) in [7, 11) is 0. The van der Waals surface area contributed by atoms with Crippen molar-refractivity contribution in [2.45, 2.75) is 38.2 Å². The van der Waals surface area contributed by atoms with Gasteiger partial charge in [0.05, 0.1) is 12.4 Å². The van der Waals surface area contributed by atoms with Crippen LogP contribution in [0.25, 0.3) is 0 Å². The predicted octanol–water partition coefficient (Wildman–Crippen LogP) is 2.54. The van der Waals surface area contributed by atoms with E-state index in [0.717, 1.165) is 38.0 Å². The van der Waals surface area contributed by atoms with Gasteiger partial charge in [0.25, 0.3) is 0 Å². The number of likely N-dealkylation sites (tertiary alicyclic amines) is 1. The zero-order valence-corrected chi connectivity index (χ0v) is 15.1. The minimum atomic E-state index is -0.190. The normalized spacial score (nSPS) is 22.1. The van der Waals surface area contributed by atoms with E-state index in [2.05, 4.69) is 32.4 Å². The van der Waals surface area contributed by atoms with E-state index in [1.54, 1.807) is 4.90 Å². The molecule has 1 amide bonds. The van der Waals surface area contributed by atoms with Gasteiger partial charge >= 0.3 is 6.09 Å². The molecule has 0 bridgehead atoms. The van der Waals surface area contributed by atoms with Crippen LogP contribution in [0, 0.1) is 17.2 Å². The van der Waals surface area contributed by atoms with Gasteiger partial charge in [0, 0.05) is 30.8 Å². The number of anilines is 2. The van der Waals surface area contributed by atoms with Crippen molar-refractivity contribution in [3.05, 3.63) is 29.8 Å². The molecule has 140 valence electrons. The molecule has 0 spiro atoms. The molecule has 2 atom stereocenters. The van der Waals surface area contributed by atoms with Crippen molar-refractivity contribution in [1.29, 1.82) is 5.26 Å². The number of nitrogens with one attached hydrogen (secondary N) is 2. The largest absolute Gasteiger partial charge is 0.446 e. The van der Waals surface area contributed by atoms with Crippen LogP contribution in [0.5, 0.6) is 0 Å². The fourth-order valence-electron chi connectivity index (χ4n) is 3.59. The van der Waals surface area contributed by atoms with Crippen LogP contribution >= 0.6 is 0 Å². The zero-order chi connectivity index (χ0) is 18.8. The molecule has 1 aliphatic carbocycles. The molecule has 0 unspecified atom stereocenters. The van der Waals surface area contributed by atoms with E-state index in [1.165, 1.54) is 12.4 Å². The quantitative estimate of drug-likeness (QED) is 0.852. The minimum Gasteiger partial charge on any atom is -0.446 e. The smallest absolute Gasteiger partial charge is 0.410 e. The topological polar surface area (TPSA) is 120 Å². The monoisotopic (exact) mass is 367 g/mol. The number of nitriles is 1. The van der Waals surface area contributed by atoms with Crippen molar-refractivity contribution in [1.82, 2.24) is 25.1 Å². The lowest BCUT2D eigenvalue weighted by molar-refractivity contribution is 0.0321.